The first-order valence-electron chi connectivity index (χ1n) is 13.8. The maximum Gasteiger partial charge on any atom is 0.231 e. The monoisotopic (exact) mass is 534 g/mol. The van der Waals surface area contributed by atoms with E-state index in [2.05, 4.69) is 65.4 Å². The molecule has 0 saturated heterocycles. The van der Waals surface area contributed by atoms with Crippen LogP contribution in [0.15, 0.2) is 66.9 Å². The van der Waals surface area contributed by atoms with E-state index < -0.39 is 0 Å². The van der Waals surface area contributed by atoms with E-state index in [1.807, 2.05) is 6.07 Å². The van der Waals surface area contributed by atoms with E-state index in [-0.39, 0.29) is 6.79 Å². The molecule has 2 aliphatic rings. The Morgan fingerprint density at radius 3 is 2.33 bits per heavy atom. The molecule has 1 aromatic heterocycles. The van der Waals surface area contributed by atoms with Gasteiger partial charge in [-0.3, -0.25) is 0 Å². The van der Waals surface area contributed by atoms with Crippen molar-refractivity contribution in [1.82, 2.24) is 0 Å². The molecule has 0 atom stereocenters. The van der Waals surface area contributed by atoms with Crippen LogP contribution in [0, 0.1) is 0 Å². The van der Waals surface area contributed by atoms with Gasteiger partial charge in [-0.1, -0.05) is 30.3 Å². The average molecular weight is 535 g/mol. The van der Waals surface area contributed by atoms with Crippen molar-refractivity contribution in [3.8, 4) is 40.0 Å². The van der Waals surface area contributed by atoms with Crippen LogP contribution in [0.4, 0.5) is 0 Å². The Balaban J connectivity index is 1.35. The maximum atomic E-state index is 5.88. The fourth-order valence-electron chi connectivity index (χ4n) is 6.45. The highest BCUT2D eigenvalue weighted by Gasteiger charge is 2.32. The van der Waals surface area contributed by atoms with Gasteiger partial charge in [-0.05, 0) is 66.1 Å². The lowest BCUT2D eigenvalue weighted by Gasteiger charge is -2.21. The number of pyridine rings is 1. The first-order chi connectivity index (χ1) is 19.7. The molecule has 40 heavy (non-hydrogen) atoms. The molecule has 4 aromatic carbocycles. The van der Waals surface area contributed by atoms with E-state index in [1.165, 1.54) is 38.7 Å². The molecule has 6 nitrogen and oxygen atoms in total. The van der Waals surface area contributed by atoms with Crippen LogP contribution >= 0.6 is 0 Å². The molecule has 2 aliphatic heterocycles. The second-order valence-corrected chi connectivity index (χ2v) is 10.4. The summed E-state index contributed by atoms with van der Waals surface area (Å²) in [6.45, 7) is 1.16. The Kier molecular flexibility index (Phi) is 6.11. The van der Waals surface area contributed by atoms with Crippen LogP contribution in [0.3, 0.4) is 0 Å². The van der Waals surface area contributed by atoms with Crippen LogP contribution in [-0.4, -0.2) is 28.1 Å². The summed E-state index contributed by atoms with van der Waals surface area (Å²) in [4.78, 5) is 0. The minimum atomic E-state index is 0.273. The summed E-state index contributed by atoms with van der Waals surface area (Å²) in [7, 11) is 5.14. The van der Waals surface area contributed by atoms with Crippen molar-refractivity contribution in [2.45, 2.75) is 32.2 Å². The van der Waals surface area contributed by atoms with Crippen molar-refractivity contribution in [1.29, 1.82) is 0 Å². The Morgan fingerprint density at radius 1 is 0.750 bits per heavy atom. The highest BCUT2D eigenvalue weighted by atomic mass is 16.7. The van der Waals surface area contributed by atoms with Crippen molar-refractivity contribution >= 4 is 21.5 Å². The van der Waals surface area contributed by atoms with Crippen LogP contribution in [0.2, 0.25) is 0 Å². The van der Waals surface area contributed by atoms with Crippen LogP contribution < -0.4 is 28.3 Å². The number of hydrogen-bond donors (Lipinski definition) is 0. The molecule has 7 rings (SSSR count). The zero-order valence-corrected chi connectivity index (χ0v) is 23.1. The van der Waals surface area contributed by atoms with Crippen molar-refractivity contribution in [2.24, 2.45) is 0 Å². The van der Waals surface area contributed by atoms with E-state index in [9.17, 15) is 0 Å². The summed E-state index contributed by atoms with van der Waals surface area (Å²) in [6.07, 6.45) is 6.02. The minimum Gasteiger partial charge on any atom is -0.496 e. The molecular weight excluding hydrogens is 502 g/mol. The molecule has 5 aromatic rings. The summed E-state index contributed by atoms with van der Waals surface area (Å²) >= 11 is 0. The average Bonchev–Trinajstić information content (AvgIpc) is 3.46. The molecule has 3 heterocycles. The van der Waals surface area contributed by atoms with E-state index >= 15 is 0 Å². The Morgan fingerprint density at radius 2 is 1.52 bits per heavy atom. The van der Waals surface area contributed by atoms with E-state index in [0.717, 1.165) is 71.7 Å². The summed E-state index contributed by atoms with van der Waals surface area (Å²) in [5, 5.41) is 4.66. The smallest absolute Gasteiger partial charge is 0.231 e. The molecule has 202 valence electrons. The lowest BCUT2D eigenvalue weighted by Crippen LogP contribution is -2.41. The number of fused-ring (bicyclic) bond motifs is 6. The predicted molar refractivity (Wildman–Crippen MR) is 155 cm³/mol. The molecule has 0 spiro atoms. The first-order valence-corrected chi connectivity index (χ1v) is 13.8. The molecular formula is C34H32NO5+. The number of rotatable bonds is 7. The van der Waals surface area contributed by atoms with Gasteiger partial charge in [0, 0.05) is 22.8 Å². The maximum absolute atomic E-state index is 5.88. The number of aryl methyl sites for hydroxylation is 4. The molecule has 0 N–H and O–H groups in total. The molecule has 0 amide bonds. The van der Waals surface area contributed by atoms with Gasteiger partial charge in [0.1, 0.15) is 5.75 Å². The van der Waals surface area contributed by atoms with Crippen molar-refractivity contribution in [2.75, 3.05) is 28.1 Å². The number of methoxy groups -OCH3 is 3. The Hall–Kier alpha value is -4.45. The number of aromatic nitrogens is 1. The lowest BCUT2D eigenvalue weighted by atomic mass is 9.88. The minimum absolute atomic E-state index is 0.273. The van der Waals surface area contributed by atoms with Gasteiger partial charge in [0.15, 0.2) is 35.7 Å². The molecule has 0 unspecified atom stereocenters. The van der Waals surface area contributed by atoms with Gasteiger partial charge >= 0.3 is 0 Å². The largest absolute Gasteiger partial charge is 0.496 e. The topological polar surface area (TPSA) is 50.0 Å². The Bertz CT molecular complexity index is 1780. The summed E-state index contributed by atoms with van der Waals surface area (Å²) < 4.78 is 31.1. The highest BCUT2D eigenvalue weighted by Crippen LogP contribution is 2.44. The third kappa shape index (κ3) is 3.89. The van der Waals surface area contributed by atoms with Crippen molar-refractivity contribution in [3.63, 3.8) is 0 Å². The third-order valence-electron chi connectivity index (χ3n) is 8.31. The van der Waals surface area contributed by atoms with Crippen LogP contribution in [0.1, 0.15) is 23.1 Å². The molecule has 0 saturated carbocycles. The van der Waals surface area contributed by atoms with Crippen molar-refractivity contribution in [3.05, 3.63) is 83.6 Å². The normalized spacial score (nSPS) is 13.3. The lowest BCUT2D eigenvalue weighted by molar-refractivity contribution is -0.686. The van der Waals surface area contributed by atoms with Crippen molar-refractivity contribution < 1.29 is 28.3 Å². The van der Waals surface area contributed by atoms with Crippen LogP contribution in [-0.2, 0) is 25.8 Å². The first kappa shape index (κ1) is 24.6. The number of benzene rings is 4. The van der Waals surface area contributed by atoms with Gasteiger partial charge in [0.05, 0.1) is 32.3 Å². The second-order valence-electron chi connectivity index (χ2n) is 10.4. The summed E-state index contributed by atoms with van der Waals surface area (Å²) in [5.74, 6) is 4.08. The fourth-order valence-corrected chi connectivity index (χ4v) is 6.45. The van der Waals surface area contributed by atoms with Gasteiger partial charge in [0.25, 0.3) is 0 Å². The van der Waals surface area contributed by atoms with Crippen LogP contribution in [0.5, 0.6) is 28.7 Å². The number of nitrogens with zero attached hydrogens (tertiary/aromatic N) is 1. The second kappa shape index (κ2) is 9.94. The van der Waals surface area contributed by atoms with Gasteiger partial charge < -0.3 is 23.7 Å². The van der Waals surface area contributed by atoms with Gasteiger partial charge in [0.2, 0.25) is 12.5 Å². The van der Waals surface area contributed by atoms with Crippen LogP contribution in [0.25, 0.3) is 32.8 Å². The molecule has 0 fully saturated rings. The standard InChI is InChI=1S/C34H32NO5/c1-36-29-13-11-21(23-8-4-5-9-25(23)29)7-6-10-26-24-12-14-30(37-2)34(38-3)28(24)19-35-16-15-22-17-31-32(40-20-39-31)18-27(22)33(26)35/h4-5,8-9,11-14,17-19H,6-7,10,15-16,20H2,1-3H3/q+1. The SMILES string of the molecule is COc1ccc2c(CCCc3ccc(OC)c4ccccc34)c3[n+](cc2c1OC)CCc1cc2c(cc1-3)OCO2. The van der Waals surface area contributed by atoms with Gasteiger partial charge in [-0.15, -0.1) is 0 Å². The number of ether oxygens (including phenoxy) is 5. The molecule has 0 radical (unpaired) electrons. The predicted octanol–water partition coefficient (Wildman–Crippen LogP) is 6.43. The fraction of sp³-hybridized carbons (Fsp3) is 0.265. The quantitative estimate of drug-likeness (QED) is 0.225. The van der Waals surface area contributed by atoms with E-state index in [4.69, 9.17) is 23.7 Å². The highest BCUT2D eigenvalue weighted by molar-refractivity contribution is 5.95. The van der Waals surface area contributed by atoms with Gasteiger partial charge in [-0.25, -0.2) is 0 Å². The van der Waals surface area contributed by atoms with Gasteiger partial charge in [-0.2, -0.15) is 4.57 Å². The van der Waals surface area contributed by atoms with E-state index in [0.29, 0.717) is 0 Å². The molecule has 0 bridgehead atoms. The third-order valence-corrected chi connectivity index (χ3v) is 8.31. The summed E-state index contributed by atoms with van der Waals surface area (Å²) in [6, 6.07) is 21.3. The zero-order valence-electron chi connectivity index (χ0n) is 23.1. The summed E-state index contributed by atoms with van der Waals surface area (Å²) in [5.41, 5.74) is 6.42. The number of hydrogen-bond acceptors (Lipinski definition) is 5. The van der Waals surface area contributed by atoms with E-state index in [1.54, 1.807) is 21.3 Å². The Labute approximate surface area is 233 Å². The molecule has 0 aliphatic carbocycles. The molecule has 6 heteroatoms. The zero-order chi connectivity index (χ0) is 27.2.